The number of piperidine rings is 2. The topological polar surface area (TPSA) is 175 Å². The van der Waals surface area contributed by atoms with E-state index in [2.05, 4.69) is 93.4 Å². The van der Waals surface area contributed by atoms with Crippen LogP contribution in [-0.2, 0) is 19.1 Å². The monoisotopic (exact) mass is 1050 g/mol. The number of carbonyl (C=O) groups excluding carboxylic acids is 4. The van der Waals surface area contributed by atoms with E-state index in [1.165, 1.54) is 54.1 Å². The lowest BCUT2D eigenvalue weighted by Gasteiger charge is -2.36. The predicted molar refractivity (Wildman–Crippen MR) is 298 cm³/mol. The van der Waals surface area contributed by atoms with Gasteiger partial charge in [0.1, 0.15) is 23.4 Å². The van der Waals surface area contributed by atoms with E-state index in [0.29, 0.717) is 37.1 Å². The zero-order chi connectivity index (χ0) is 52.1. The normalized spacial score (nSPS) is 23.8. The fourth-order valence-corrected chi connectivity index (χ4v) is 13.1. The summed E-state index contributed by atoms with van der Waals surface area (Å²) in [4.78, 5) is 72.7. The summed E-state index contributed by atoms with van der Waals surface area (Å²) < 4.78 is 9.68. The molecule has 1 spiro atoms. The molecule has 6 atom stereocenters. The number of aromatic nitrogens is 4. The summed E-state index contributed by atoms with van der Waals surface area (Å²) in [6.07, 6.45) is 30.5. The number of H-pyrrole nitrogens is 2. The van der Waals surface area contributed by atoms with Crippen LogP contribution < -0.4 is 10.6 Å². The molecule has 4 aromatic rings. The molecule has 13 rings (SSSR count). The number of thioether (sulfide) groups is 2. The smallest absolute Gasteiger partial charge is 0.411 e. The SMILES string of the molecule is COC(=O)N/C(=C\CSC)C(=O)N1CCCC[C@H]1c1ncc(-c2ccc(C3=C4C=C[C@H](C3)C[C@@H]3C[C@]35CC=C(C=C5c3ccc(-c5cnc([C@@H]6CCCCN6C(=O)[C@H](CCSC)NC(=O)OC)[nH]5)cc3)CC4)cc2)[nH]1. The van der Waals surface area contributed by atoms with E-state index in [-0.39, 0.29) is 35.0 Å². The van der Waals surface area contributed by atoms with Crippen molar-refractivity contribution in [2.24, 2.45) is 17.3 Å². The summed E-state index contributed by atoms with van der Waals surface area (Å²) in [5, 5.41) is 5.42. The highest BCUT2D eigenvalue weighted by molar-refractivity contribution is 7.98. The molecule has 2 aliphatic heterocycles. The minimum Gasteiger partial charge on any atom is -0.453 e. The van der Waals surface area contributed by atoms with Crippen molar-refractivity contribution in [2.45, 2.75) is 102 Å². The van der Waals surface area contributed by atoms with Crippen molar-refractivity contribution in [2.75, 3.05) is 51.3 Å². The molecular formula is C59H70N8O6S2. The van der Waals surface area contributed by atoms with Gasteiger partial charge in [0.2, 0.25) is 5.91 Å². The molecule has 4 bridgehead atoms. The van der Waals surface area contributed by atoms with Crippen LogP contribution in [0.25, 0.3) is 33.7 Å². The summed E-state index contributed by atoms with van der Waals surface area (Å²) in [7, 11) is 2.62. The van der Waals surface area contributed by atoms with Gasteiger partial charge in [0, 0.05) is 24.3 Å². The lowest BCUT2D eigenvalue weighted by atomic mass is 9.75. The molecule has 3 fully saturated rings. The number of rotatable bonds is 15. The Morgan fingerprint density at radius 2 is 1.45 bits per heavy atom. The largest absolute Gasteiger partial charge is 0.453 e. The van der Waals surface area contributed by atoms with Gasteiger partial charge in [-0.25, -0.2) is 19.6 Å². The molecule has 4 heterocycles. The van der Waals surface area contributed by atoms with E-state index < -0.39 is 18.2 Å². The molecule has 75 heavy (non-hydrogen) atoms. The Balaban J connectivity index is 0.823. The Bertz CT molecular complexity index is 2920. The van der Waals surface area contributed by atoms with Crippen LogP contribution in [0.3, 0.4) is 0 Å². The number of nitrogens with one attached hydrogen (secondary N) is 4. The van der Waals surface area contributed by atoms with E-state index in [4.69, 9.17) is 19.4 Å². The number of carbonyl (C=O) groups is 4. The average molecular weight is 1050 g/mol. The van der Waals surface area contributed by atoms with Gasteiger partial charge in [-0.3, -0.25) is 14.9 Å². The van der Waals surface area contributed by atoms with Crippen molar-refractivity contribution < 1.29 is 28.7 Å². The molecule has 2 saturated heterocycles. The van der Waals surface area contributed by atoms with Crippen LogP contribution in [0.1, 0.15) is 118 Å². The molecule has 0 radical (unpaired) electrons. The minimum absolute atomic E-state index is 0.0921. The fourth-order valence-electron chi connectivity index (χ4n) is 12.3. The minimum atomic E-state index is -0.663. The number of imidazole rings is 2. The Hall–Kier alpha value is -6.26. The van der Waals surface area contributed by atoms with Crippen molar-refractivity contribution >= 4 is 58.7 Å². The van der Waals surface area contributed by atoms with Gasteiger partial charge in [0.05, 0.1) is 50.1 Å². The number of nitrogens with zero attached hydrogens (tertiary/aromatic N) is 4. The third kappa shape index (κ3) is 11.3. The van der Waals surface area contributed by atoms with Gasteiger partial charge >= 0.3 is 12.2 Å². The number of alkyl carbamates (subject to hydrolysis) is 2. The Morgan fingerprint density at radius 3 is 2.11 bits per heavy atom. The fraction of sp³-hybridized carbons (Fsp3) is 0.458. The summed E-state index contributed by atoms with van der Waals surface area (Å²) in [5.41, 5.74) is 12.6. The Morgan fingerprint density at radius 1 is 0.813 bits per heavy atom. The van der Waals surface area contributed by atoms with Gasteiger partial charge in [-0.05, 0) is 159 Å². The lowest BCUT2D eigenvalue weighted by Crippen LogP contribution is -2.51. The van der Waals surface area contributed by atoms with Crippen molar-refractivity contribution in [1.82, 2.24) is 40.4 Å². The van der Waals surface area contributed by atoms with E-state index in [0.717, 1.165) is 111 Å². The van der Waals surface area contributed by atoms with E-state index >= 15 is 0 Å². The van der Waals surface area contributed by atoms with Crippen LogP contribution in [0.4, 0.5) is 9.59 Å². The molecule has 9 aliphatic rings. The number of ether oxygens (including phenoxy) is 2. The number of amides is 4. The highest BCUT2D eigenvalue weighted by Gasteiger charge is 2.57. The number of hydrogen-bond donors (Lipinski definition) is 4. The predicted octanol–water partition coefficient (Wildman–Crippen LogP) is 11.6. The van der Waals surface area contributed by atoms with Crippen LogP contribution in [0.5, 0.6) is 0 Å². The first-order valence-electron chi connectivity index (χ1n) is 26.7. The number of likely N-dealkylation sites (tertiary alicyclic amines) is 2. The standard InChI is InChI=1S/C59H70N8O6S2/c1-72-57(70)64-47(24-29-74-3)55(68)66-27-7-5-9-51(66)53-60-35-49(62-53)42-19-15-40(16-20-42)45-32-38-12-14-39(45)13-11-37-23-26-59(34-44(59)31-38)46(33-37)41-17-21-43(22-18-41)50-36-61-54(63-50)52-10-6-8-28-67(52)56(69)48(25-30-75-4)65-58(71)73-2/h12,14-24,33,35-36,38,44,48,51-52H,5-11,13,25-32,34H2,1-4H3,(H,60,62)(H,61,63)(H,64,70)(H,65,71)/b47-24-/t38-,44+,48-,51-,52-,59+/m0/s1. The van der Waals surface area contributed by atoms with E-state index in [1.54, 1.807) is 29.6 Å². The number of benzene rings is 2. The van der Waals surface area contributed by atoms with Gasteiger partial charge in [-0.2, -0.15) is 23.5 Å². The third-order valence-electron chi connectivity index (χ3n) is 16.4. The molecular weight excluding hydrogens is 981 g/mol. The molecule has 2 aromatic carbocycles. The van der Waals surface area contributed by atoms with Gasteiger partial charge in [0.15, 0.2) is 0 Å². The number of hydrogen-bond acceptors (Lipinski definition) is 10. The Kier molecular flexibility index (Phi) is 16.2. The second-order valence-electron chi connectivity index (χ2n) is 20.9. The number of aromatic amines is 2. The van der Waals surface area contributed by atoms with Crippen molar-refractivity contribution in [3.63, 3.8) is 0 Å². The summed E-state index contributed by atoms with van der Waals surface area (Å²) >= 11 is 3.22. The average Bonchev–Trinajstić information content (AvgIpc) is 3.77. The van der Waals surface area contributed by atoms with Crippen molar-refractivity contribution in [3.8, 4) is 22.5 Å². The zero-order valence-electron chi connectivity index (χ0n) is 43.6. The maximum Gasteiger partial charge on any atom is 0.411 e. The molecule has 394 valence electrons. The van der Waals surface area contributed by atoms with Gasteiger partial charge in [-0.1, -0.05) is 78.4 Å². The van der Waals surface area contributed by atoms with Crippen LogP contribution >= 0.6 is 23.5 Å². The quantitative estimate of drug-likeness (QED) is 0.0839. The first-order valence-corrected chi connectivity index (χ1v) is 29.5. The lowest BCUT2D eigenvalue weighted by molar-refractivity contribution is -0.137. The third-order valence-corrected chi connectivity index (χ3v) is 17.6. The molecule has 4 amide bonds. The summed E-state index contributed by atoms with van der Waals surface area (Å²) in [6, 6.07) is 16.8. The molecule has 4 N–H and O–H groups in total. The number of methoxy groups -OCH3 is 2. The van der Waals surface area contributed by atoms with E-state index in [9.17, 15) is 19.2 Å². The summed E-state index contributed by atoms with van der Waals surface area (Å²) in [5.74, 6) is 3.60. The van der Waals surface area contributed by atoms with Crippen LogP contribution in [0.15, 0.2) is 108 Å². The molecule has 1 saturated carbocycles. The molecule has 7 aliphatic carbocycles. The van der Waals surface area contributed by atoms with Crippen molar-refractivity contribution in [3.05, 3.63) is 131 Å². The van der Waals surface area contributed by atoms with Crippen LogP contribution in [0, 0.1) is 17.3 Å². The van der Waals surface area contributed by atoms with Gasteiger partial charge in [0.25, 0.3) is 5.91 Å². The highest BCUT2D eigenvalue weighted by Crippen LogP contribution is 2.67. The first-order chi connectivity index (χ1) is 36.6. The molecule has 2 aromatic heterocycles. The first kappa shape index (κ1) is 52.2. The summed E-state index contributed by atoms with van der Waals surface area (Å²) in [6.45, 7) is 1.20. The zero-order valence-corrected chi connectivity index (χ0v) is 45.3. The molecule has 16 heteroatoms. The van der Waals surface area contributed by atoms with Crippen LogP contribution in [-0.4, -0.2) is 111 Å². The maximum absolute atomic E-state index is 13.9. The van der Waals surface area contributed by atoms with Crippen molar-refractivity contribution in [1.29, 1.82) is 0 Å². The second kappa shape index (κ2) is 23.3. The van der Waals surface area contributed by atoms with E-state index in [1.807, 2.05) is 34.7 Å². The van der Waals surface area contributed by atoms with Gasteiger partial charge in [-0.15, -0.1) is 0 Å². The highest BCUT2D eigenvalue weighted by atomic mass is 32.2. The maximum atomic E-state index is 13.9. The number of allylic oxidation sites excluding steroid dienone is 8. The second-order valence-corrected chi connectivity index (χ2v) is 22.8. The van der Waals surface area contributed by atoms with Gasteiger partial charge < -0.3 is 34.6 Å². The Labute approximate surface area is 449 Å². The van der Waals surface area contributed by atoms with Crippen LogP contribution in [0.2, 0.25) is 0 Å². The molecule has 14 nitrogen and oxygen atoms in total. The molecule has 0 unspecified atom stereocenters.